The van der Waals surface area contributed by atoms with Crippen molar-refractivity contribution in [2.45, 2.75) is 63.6 Å². The molecule has 4 nitrogen and oxygen atoms in total. The van der Waals surface area contributed by atoms with Crippen LogP contribution >= 0.6 is 0 Å². The van der Waals surface area contributed by atoms with Crippen LogP contribution in [0.2, 0.25) is 0 Å². The molecule has 3 N–H and O–H groups in total. The topological polar surface area (TPSA) is 64.3 Å². The maximum Gasteiger partial charge on any atom is 0.408 e. The zero-order valence-corrected chi connectivity index (χ0v) is 10.4. The summed E-state index contributed by atoms with van der Waals surface area (Å²) >= 11 is 0. The number of carbonyl (C=O) groups is 1. The third kappa shape index (κ3) is 4.11. The highest BCUT2D eigenvalue weighted by molar-refractivity contribution is 5.68. The molecule has 100 valence electrons. The van der Waals surface area contributed by atoms with Crippen molar-refractivity contribution in [2.75, 3.05) is 0 Å². The third-order valence-corrected chi connectivity index (χ3v) is 2.60. The van der Waals surface area contributed by atoms with E-state index in [0.717, 1.165) is 0 Å². The van der Waals surface area contributed by atoms with Crippen LogP contribution in [0.25, 0.3) is 0 Å². The first-order valence-electron chi connectivity index (χ1n) is 5.75. The number of carbonyl (C=O) groups excluding carboxylic acids is 1. The highest BCUT2D eigenvalue weighted by Crippen LogP contribution is 2.33. The average molecular weight is 250 g/mol. The number of rotatable bonds is 1. The van der Waals surface area contributed by atoms with Gasteiger partial charge in [-0.2, -0.15) is 0 Å². The molecule has 0 radical (unpaired) electrons. The number of hydrogen-bond acceptors (Lipinski definition) is 3. The van der Waals surface area contributed by atoms with E-state index in [1.54, 1.807) is 20.8 Å². The van der Waals surface area contributed by atoms with Crippen molar-refractivity contribution in [3.63, 3.8) is 0 Å². The quantitative estimate of drug-likeness (QED) is 0.748. The van der Waals surface area contributed by atoms with Crippen LogP contribution in [0.4, 0.5) is 13.6 Å². The van der Waals surface area contributed by atoms with E-state index in [1.807, 2.05) is 0 Å². The minimum atomic E-state index is -2.96. The number of ether oxygens (including phenoxy) is 1. The van der Waals surface area contributed by atoms with Gasteiger partial charge in [0.1, 0.15) is 11.6 Å². The van der Waals surface area contributed by atoms with E-state index in [1.165, 1.54) is 0 Å². The molecule has 17 heavy (non-hydrogen) atoms. The fourth-order valence-electron chi connectivity index (χ4n) is 1.86. The fraction of sp³-hybridized carbons (Fsp3) is 0.909. The highest BCUT2D eigenvalue weighted by atomic mass is 19.3. The Bertz CT molecular complexity index is 290. The number of nitrogens with one attached hydrogen (secondary N) is 1. The van der Waals surface area contributed by atoms with E-state index < -0.39 is 29.7 Å². The number of hydrogen-bond donors (Lipinski definition) is 2. The lowest BCUT2D eigenvalue weighted by atomic mass is 9.87. The minimum Gasteiger partial charge on any atom is -0.444 e. The van der Waals surface area contributed by atoms with Crippen LogP contribution in [-0.4, -0.2) is 29.7 Å². The zero-order chi connectivity index (χ0) is 13.3. The van der Waals surface area contributed by atoms with Crippen LogP contribution < -0.4 is 11.1 Å². The van der Waals surface area contributed by atoms with Gasteiger partial charge in [-0.05, 0) is 33.6 Å². The summed E-state index contributed by atoms with van der Waals surface area (Å²) in [6.07, 6.45) is -0.239. The lowest BCUT2D eigenvalue weighted by Gasteiger charge is -2.36. The molecule has 1 fully saturated rings. The summed E-state index contributed by atoms with van der Waals surface area (Å²) < 4.78 is 32.1. The normalized spacial score (nSPS) is 28.6. The van der Waals surface area contributed by atoms with Gasteiger partial charge in [-0.15, -0.1) is 0 Å². The molecule has 1 aliphatic rings. The Hall–Kier alpha value is -0.910. The fourth-order valence-corrected chi connectivity index (χ4v) is 1.86. The molecular weight excluding hydrogens is 230 g/mol. The standard InChI is InChI=1S/C11H20F2N2O2/c1-10(2,3)17-9(16)15-8-7(14)5-4-6-11(8,12)13/h7-8H,4-6,14H2,1-3H3,(H,15,16)/t7-,8-/m0/s1. The summed E-state index contributed by atoms with van der Waals surface area (Å²) in [6, 6.07) is -2.07. The van der Waals surface area contributed by atoms with Gasteiger partial charge in [-0.3, -0.25) is 0 Å². The molecule has 6 heteroatoms. The molecule has 2 atom stereocenters. The molecule has 0 aromatic rings. The van der Waals surface area contributed by atoms with Crippen LogP contribution in [0.3, 0.4) is 0 Å². The largest absolute Gasteiger partial charge is 0.444 e. The number of alkyl halides is 2. The van der Waals surface area contributed by atoms with E-state index in [9.17, 15) is 13.6 Å². The first-order valence-corrected chi connectivity index (χ1v) is 5.75. The first-order chi connectivity index (χ1) is 7.62. The summed E-state index contributed by atoms with van der Waals surface area (Å²) in [6.45, 7) is 5.02. The van der Waals surface area contributed by atoms with Gasteiger partial charge < -0.3 is 15.8 Å². The Morgan fingerprint density at radius 1 is 1.47 bits per heavy atom. The van der Waals surface area contributed by atoms with Gasteiger partial charge in [0.25, 0.3) is 5.92 Å². The molecule has 1 amide bonds. The van der Waals surface area contributed by atoms with Crippen molar-refractivity contribution in [1.29, 1.82) is 0 Å². The van der Waals surface area contributed by atoms with Gasteiger partial charge in [-0.25, -0.2) is 13.6 Å². The molecule has 0 aromatic carbocycles. The van der Waals surface area contributed by atoms with E-state index in [2.05, 4.69) is 5.32 Å². The Labute approximate surface area is 99.9 Å². The second-order valence-corrected chi connectivity index (χ2v) is 5.44. The third-order valence-electron chi connectivity index (χ3n) is 2.60. The smallest absolute Gasteiger partial charge is 0.408 e. The summed E-state index contributed by atoms with van der Waals surface area (Å²) in [4.78, 5) is 11.4. The molecule has 1 saturated carbocycles. The lowest BCUT2D eigenvalue weighted by Crippen LogP contribution is -2.60. The number of halogens is 2. The van der Waals surface area contributed by atoms with Crippen LogP contribution in [0.15, 0.2) is 0 Å². The van der Waals surface area contributed by atoms with Gasteiger partial charge >= 0.3 is 6.09 Å². The number of nitrogens with two attached hydrogens (primary N) is 1. The van der Waals surface area contributed by atoms with Gasteiger partial charge in [0.15, 0.2) is 0 Å². The summed E-state index contributed by atoms with van der Waals surface area (Å²) in [5.74, 6) is -2.96. The van der Waals surface area contributed by atoms with Crippen LogP contribution in [-0.2, 0) is 4.74 Å². The van der Waals surface area contributed by atoms with Gasteiger partial charge in [0.05, 0.1) is 0 Å². The summed E-state index contributed by atoms with van der Waals surface area (Å²) in [5, 5.41) is 2.18. The van der Waals surface area contributed by atoms with Crippen molar-refractivity contribution < 1.29 is 18.3 Å². The zero-order valence-electron chi connectivity index (χ0n) is 10.4. The lowest BCUT2D eigenvalue weighted by molar-refractivity contribution is -0.0715. The van der Waals surface area contributed by atoms with Crippen LogP contribution in [0.5, 0.6) is 0 Å². The SMILES string of the molecule is CC(C)(C)OC(=O)N[C@H]1[C@@H](N)CCCC1(F)F. The molecule has 1 aliphatic carbocycles. The van der Waals surface area contributed by atoms with Crippen molar-refractivity contribution in [1.82, 2.24) is 5.32 Å². The molecule has 0 spiro atoms. The number of alkyl carbamates (subject to hydrolysis) is 1. The van der Waals surface area contributed by atoms with Crippen LogP contribution in [0.1, 0.15) is 40.0 Å². The first kappa shape index (κ1) is 14.2. The Morgan fingerprint density at radius 3 is 2.53 bits per heavy atom. The van der Waals surface area contributed by atoms with Gasteiger partial charge in [0.2, 0.25) is 0 Å². The highest BCUT2D eigenvalue weighted by Gasteiger charge is 2.47. The second kappa shape index (κ2) is 4.76. The average Bonchev–Trinajstić information content (AvgIpc) is 2.08. The second-order valence-electron chi connectivity index (χ2n) is 5.44. The summed E-state index contributed by atoms with van der Waals surface area (Å²) in [7, 11) is 0. The molecular formula is C11H20F2N2O2. The Balaban J connectivity index is 2.62. The van der Waals surface area contributed by atoms with Crippen LogP contribution in [0, 0.1) is 0 Å². The molecule has 0 bridgehead atoms. The molecule has 1 rings (SSSR count). The maximum atomic E-state index is 13.6. The number of amides is 1. The minimum absolute atomic E-state index is 0.249. The summed E-state index contributed by atoms with van der Waals surface area (Å²) in [5.41, 5.74) is 4.91. The molecule has 0 unspecified atom stereocenters. The van der Waals surface area contributed by atoms with E-state index in [0.29, 0.717) is 12.8 Å². The van der Waals surface area contributed by atoms with E-state index >= 15 is 0 Å². The molecule has 0 heterocycles. The van der Waals surface area contributed by atoms with Crippen molar-refractivity contribution in [3.05, 3.63) is 0 Å². The Kier molecular flexibility index (Phi) is 3.96. The Morgan fingerprint density at radius 2 is 2.06 bits per heavy atom. The molecule has 0 aromatic heterocycles. The van der Waals surface area contributed by atoms with Gasteiger partial charge in [-0.1, -0.05) is 0 Å². The monoisotopic (exact) mass is 250 g/mol. The van der Waals surface area contributed by atoms with Gasteiger partial charge in [0, 0.05) is 12.5 Å². The predicted molar refractivity (Wildman–Crippen MR) is 59.9 cm³/mol. The van der Waals surface area contributed by atoms with E-state index in [4.69, 9.17) is 10.5 Å². The van der Waals surface area contributed by atoms with Crippen molar-refractivity contribution in [2.24, 2.45) is 5.73 Å². The predicted octanol–water partition coefficient (Wildman–Crippen LogP) is 2.03. The molecule has 0 saturated heterocycles. The van der Waals surface area contributed by atoms with Crippen molar-refractivity contribution in [3.8, 4) is 0 Å². The molecule has 0 aliphatic heterocycles. The van der Waals surface area contributed by atoms with E-state index in [-0.39, 0.29) is 6.42 Å². The maximum absolute atomic E-state index is 13.6. The van der Waals surface area contributed by atoms with Crippen molar-refractivity contribution >= 4 is 6.09 Å².